The highest BCUT2D eigenvalue weighted by Crippen LogP contribution is 2.02. The van der Waals surface area contributed by atoms with Gasteiger partial charge in [0.05, 0.1) is 0 Å². The summed E-state index contributed by atoms with van der Waals surface area (Å²) in [7, 11) is 0. The smallest absolute Gasteiger partial charge is 0.181 e. The molecule has 0 N–H and O–H groups in total. The average Bonchev–Trinajstić information content (AvgIpc) is 2.19. The second-order valence-electron chi connectivity index (χ2n) is 2.58. The summed E-state index contributed by atoms with van der Waals surface area (Å²) in [5.41, 5.74) is 0.465. The van der Waals surface area contributed by atoms with E-state index in [4.69, 9.17) is 6.42 Å². The van der Waals surface area contributed by atoms with Crippen molar-refractivity contribution in [2.45, 2.75) is 19.3 Å². The van der Waals surface area contributed by atoms with Crippen LogP contribution >= 0.6 is 0 Å². The number of hydrogen-bond donors (Lipinski definition) is 0. The Morgan fingerprint density at radius 1 is 1.62 bits per heavy atom. The van der Waals surface area contributed by atoms with Crippen molar-refractivity contribution in [1.82, 2.24) is 9.97 Å². The van der Waals surface area contributed by atoms with E-state index in [1.54, 1.807) is 12.3 Å². The van der Waals surface area contributed by atoms with Crippen LogP contribution in [-0.2, 0) is 0 Å². The van der Waals surface area contributed by atoms with Crippen LogP contribution < -0.4 is 0 Å². The fraction of sp³-hybridized carbons (Fsp3) is 0.300. The van der Waals surface area contributed by atoms with Gasteiger partial charge in [-0.1, -0.05) is 0 Å². The van der Waals surface area contributed by atoms with E-state index in [-0.39, 0.29) is 5.78 Å². The lowest BCUT2D eigenvalue weighted by molar-refractivity contribution is 0.0975. The molecule has 1 rings (SSSR count). The number of nitrogens with zero attached hydrogens (tertiary/aromatic N) is 2. The highest BCUT2D eigenvalue weighted by Gasteiger charge is 2.04. The van der Waals surface area contributed by atoms with Crippen molar-refractivity contribution in [1.29, 1.82) is 0 Å². The third-order valence-electron chi connectivity index (χ3n) is 1.59. The summed E-state index contributed by atoms with van der Waals surface area (Å²) in [4.78, 5) is 18.9. The Kier molecular flexibility index (Phi) is 3.65. The van der Waals surface area contributed by atoms with Crippen molar-refractivity contribution in [2.75, 3.05) is 0 Å². The maximum absolute atomic E-state index is 11.4. The first kappa shape index (κ1) is 9.40. The number of terminal acetylenes is 1. The van der Waals surface area contributed by atoms with Crippen LogP contribution in [0.3, 0.4) is 0 Å². The Labute approximate surface area is 77.2 Å². The van der Waals surface area contributed by atoms with E-state index in [0.29, 0.717) is 18.5 Å². The molecule has 0 aromatic carbocycles. The fourth-order valence-corrected chi connectivity index (χ4v) is 0.935. The summed E-state index contributed by atoms with van der Waals surface area (Å²) in [6, 6.07) is 1.61. The van der Waals surface area contributed by atoms with Gasteiger partial charge in [-0.25, -0.2) is 9.97 Å². The van der Waals surface area contributed by atoms with Crippen LogP contribution in [-0.4, -0.2) is 15.8 Å². The van der Waals surface area contributed by atoms with Crippen LogP contribution in [0, 0.1) is 12.3 Å². The fourth-order valence-electron chi connectivity index (χ4n) is 0.935. The van der Waals surface area contributed by atoms with E-state index in [9.17, 15) is 4.79 Å². The van der Waals surface area contributed by atoms with Crippen LogP contribution in [0.4, 0.5) is 0 Å². The molecule has 0 aliphatic rings. The monoisotopic (exact) mass is 174 g/mol. The van der Waals surface area contributed by atoms with E-state index in [0.717, 1.165) is 6.42 Å². The number of Topliss-reactive ketones (excluding diaryl/α,β-unsaturated/α-hetero) is 1. The van der Waals surface area contributed by atoms with Gasteiger partial charge in [-0.2, -0.15) is 0 Å². The van der Waals surface area contributed by atoms with E-state index in [1.165, 1.54) is 6.33 Å². The molecule has 66 valence electrons. The lowest BCUT2D eigenvalue weighted by Crippen LogP contribution is -2.01. The Balaban J connectivity index is 2.46. The number of carbonyl (C=O) groups is 1. The van der Waals surface area contributed by atoms with Crippen LogP contribution in [0.25, 0.3) is 0 Å². The largest absolute Gasteiger partial charge is 0.292 e. The Morgan fingerprint density at radius 2 is 2.46 bits per heavy atom. The van der Waals surface area contributed by atoms with Gasteiger partial charge in [-0.05, 0) is 12.5 Å². The van der Waals surface area contributed by atoms with Gasteiger partial charge in [0.2, 0.25) is 0 Å². The molecule has 0 radical (unpaired) electrons. The number of aromatic nitrogens is 2. The summed E-state index contributed by atoms with van der Waals surface area (Å²) in [6.45, 7) is 0. The quantitative estimate of drug-likeness (QED) is 0.394. The van der Waals surface area contributed by atoms with E-state index >= 15 is 0 Å². The van der Waals surface area contributed by atoms with Crippen LogP contribution in [0.5, 0.6) is 0 Å². The molecule has 0 fully saturated rings. The van der Waals surface area contributed by atoms with Gasteiger partial charge in [-0.15, -0.1) is 12.3 Å². The van der Waals surface area contributed by atoms with Crippen LogP contribution in [0.15, 0.2) is 18.6 Å². The predicted molar refractivity (Wildman–Crippen MR) is 49.0 cm³/mol. The zero-order valence-corrected chi connectivity index (χ0v) is 7.23. The Bertz CT molecular complexity index is 313. The standard InChI is InChI=1S/C10H10N2O/c1-2-3-4-5-10(13)9-6-7-11-8-12-9/h1,6-8H,3-5H2. The summed E-state index contributed by atoms with van der Waals surface area (Å²) < 4.78 is 0. The molecular formula is C10H10N2O. The first-order chi connectivity index (χ1) is 6.34. The molecular weight excluding hydrogens is 164 g/mol. The van der Waals surface area contributed by atoms with Gasteiger partial charge in [0.25, 0.3) is 0 Å². The first-order valence-corrected chi connectivity index (χ1v) is 4.07. The minimum absolute atomic E-state index is 0.0256. The van der Waals surface area contributed by atoms with Gasteiger partial charge < -0.3 is 0 Å². The Hall–Kier alpha value is -1.69. The second kappa shape index (κ2) is 5.04. The molecule has 0 saturated heterocycles. The molecule has 0 aliphatic heterocycles. The van der Waals surface area contributed by atoms with Gasteiger partial charge in [-0.3, -0.25) is 4.79 Å². The lowest BCUT2D eigenvalue weighted by atomic mass is 10.1. The molecule has 0 aliphatic carbocycles. The van der Waals surface area contributed by atoms with Gasteiger partial charge in [0.1, 0.15) is 12.0 Å². The van der Waals surface area contributed by atoms with Gasteiger partial charge >= 0.3 is 0 Å². The van der Waals surface area contributed by atoms with Gasteiger partial charge in [0.15, 0.2) is 5.78 Å². The van der Waals surface area contributed by atoms with Crippen molar-refractivity contribution in [3.63, 3.8) is 0 Å². The van der Waals surface area contributed by atoms with Crippen LogP contribution in [0.1, 0.15) is 29.8 Å². The average molecular weight is 174 g/mol. The molecule has 3 heteroatoms. The highest BCUT2D eigenvalue weighted by molar-refractivity contribution is 5.93. The van der Waals surface area contributed by atoms with Crippen molar-refractivity contribution >= 4 is 5.78 Å². The summed E-state index contributed by atoms with van der Waals surface area (Å²) in [5, 5.41) is 0. The van der Waals surface area contributed by atoms with Crippen molar-refractivity contribution in [3.8, 4) is 12.3 Å². The normalized spacial score (nSPS) is 9.15. The topological polar surface area (TPSA) is 42.9 Å². The van der Waals surface area contributed by atoms with Crippen molar-refractivity contribution < 1.29 is 4.79 Å². The number of unbranched alkanes of at least 4 members (excludes halogenated alkanes) is 1. The molecule has 1 aromatic rings. The number of rotatable bonds is 4. The maximum atomic E-state index is 11.4. The maximum Gasteiger partial charge on any atom is 0.181 e. The third-order valence-corrected chi connectivity index (χ3v) is 1.59. The minimum atomic E-state index is 0.0256. The predicted octanol–water partition coefficient (Wildman–Crippen LogP) is 1.46. The second-order valence-corrected chi connectivity index (χ2v) is 2.58. The SMILES string of the molecule is C#CCCCC(=O)c1ccncn1. The summed E-state index contributed by atoms with van der Waals surface area (Å²) >= 11 is 0. The molecule has 0 bridgehead atoms. The van der Waals surface area contributed by atoms with Crippen molar-refractivity contribution in [3.05, 3.63) is 24.3 Å². The zero-order chi connectivity index (χ0) is 9.52. The molecule has 0 unspecified atom stereocenters. The molecule has 3 nitrogen and oxygen atoms in total. The summed E-state index contributed by atoms with van der Waals surface area (Å²) in [5.74, 6) is 2.52. The van der Waals surface area contributed by atoms with E-state index < -0.39 is 0 Å². The molecule has 0 atom stereocenters. The van der Waals surface area contributed by atoms with Crippen LogP contribution in [0.2, 0.25) is 0 Å². The third kappa shape index (κ3) is 3.04. The number of hydrogen-bond acceptors (Lipinski definition) is 3. The molecule has 1 heterocycles. The number of ketones is 1. The molecule has 13 heavy (non-hydrogen) atoms. The molecule has 0 saturated carbocycles. The van der Waals surface area contributed by atoms with Gasteiger partial charge in [0, 0.05) is 19.0 Å². The molecule has 0 spiro atoms. The highest BCUT2D eigenvalue weighted by atomic mass is 16.1. The lowest BCUT2D eigenvalue weighted by Gasteiger charge is -1.96. The minimum Gasteiger partial charge on any atom is -0.292 e. The molecule has 1 aromatic heterocycles. The first-order valence-electron chi connectivity index (χ1n) is 4.07. The van der Waals surface area contributed by atoms with E-state index in [1.807, 2.05) is 0 Å². The van der Waals surface area contributed by atoms with Crippen molar-refractivity contribution in [2.24, 2.45) is 0 Å². The Morgan fingerprint density at radius 3 is 3.08 bits per heavy atom. The number of carbonyl (C=O) groups excluding carboxylic acids is 1. The molecule has 0 amide bonds. The zero-order valence-electron chi connectivity index (χ0n) is 7.23. The van der Waals surface area contributed by atoms with E-state index in [2.05, 4.69) is 15.9 Å². The summed E-state index contributed by atoms with van der Waals surface area (Å²) in [6.07, 6.45) is 9.81.